The van der Waals surface area contributed by atoms with Crippen LogP contribution in [0.25, 0.3) is 0 Å². The van der Waals surface area contributed by atoms with E-state index < -0.39 is 11.7 Å². The molecule has 1 amide bonds. The molecule has 0 bridgehead atoms. The minimum atomic E-state index is -0.428. The molecule has 16 heavy (non-hydrogen) atoms. The zero-order chi connectivity index (χ0) is 11.7. The van der Waals surface area contributed by atoms with Gasteiger partial charge in [-0.2, -0.15) is 0 Å². The first kappa shape index (κ1) is 10.6. The lowest BCUT2D eigenvalue weighted by Gasteiger charge is -2.15. The Morgan fingerprint density at radius 2 is 2.06 bits per heavy atom. The van der Waals surface area contributed by atoms with Gasteiger partial charge in [0, 0.05) is 6.54 Å². The van der Waals surface area contributed by atoms with Gasteiger partial charge in [0.15, 0.2) is 0 Å². The van der Waals surface area contributed by atoms with Crippen LogP contribution in [-0.4, -0.2) is 18.2 Å². The average Bonchev–Trinajstić information content (AvgIpc) is 2.52. The Balaban J connectivity index is 2.51. The van der Waals surface area contributed by atoms with E-state index in [0.29, 0.717) is 12.1 Å². The monoisotopic (exact) mass is 215 g/mol. The molecule has 2 rings (SSSR count). The molecular formula is C13H13NO2. The third-order valence-electron chi connectivity index (χ3n) is 2.72. The summed E-state index contributed by atoms with van der Waals surface area (Å²) in [5, 5.41) is 0. The van der Waals surface area contributed by atoms with Gasteiger partial charge >= 0.3 is 0 Å². The fourth-order valence-corrected chi connectivity index (χ4v) is 1.92. The van der Waals surface area contributed by atoms with Gasteiger partial charge in [-0.3, -0.25) is 9.59 Å². The number of para-hydroxylation sites is 1. The van der Waals surface area contributed by atoms with Crippen LogP contribution in [0.4, 0.5) is 5.69 Å². The fourth-order valence-electron chi connectivity index (χ4n) is 1.92. The summed E-state index contributed by atoms with van der Waals surface area (Å²) >= 11 is 0. The molecule has 0 spiro atoms. The Morgan fingerprint density at radius 1 is 1.31 bits per heavy atom. The largest absolute Gasteiger partial charge is 0.301 e. The molecule has 1 aliphatic heterocycles. The van der Waals surface area contributed by atoms with Crippen LogP contribution in [0.1, 0.15) is 22.8 Å². The van der Waals surface area contributed by atoms with E-state index in [4.69, 9.17) is 0 Å². The molecule has 1 aromatic rings. The third kappa shape index (κ3) is 1.45. The number of nitrogens with zero attached hydrogens (tertiary/aromatic N) is 1. The number of hydrogen-bond donors (Lipinski definition) is 0. The van der Waals surface area contributed by atoms with Gasteiger partial charge in [-0.15, -0.1) is 0 Å². The normalized spacial score (nSPS) is 15.0. The Bertz CT molecular complexity index is 489. The number of Topliss-reactive ketones (excluding diaryl/α,β-unsaturated/α-hetero) is 1. The van der Waals surface area contributed by atoms with Crippen LogP contribution in [0, 0.1) is 6.92 Å². The molecule has 82 valence electrons. The summed E-state index contributed by atoms with van der Waals surface area (Å²) in [7, 11) is 0. The Hall–Kier alpha value is -1.90. The lowest BCUT2D eigenvalue weighted by molar-refractivity contribution is -0.114. The van der Waals surface area contributed by atoms with E-state index in [1.54, 1.807) is 12.1 Å². The van der Waals surface area contributed by atoms with Gasteiger partial charge in [0.2, 0.25) is 0 Å². The first-order valence-electron chi connectivity index (χ1n) is 5.23. The predicted octanol–water partition coefficient (Wildman–Crippen LogP) is 2.10. The highest BCUT2D eigenvalue weighted by atomic mass is 16.2. The first-order valence-corrected chi connectivity index (χ1v) is 5.23. The summed E-state index contributed by atoms with van der Waals surface area (Å²) in [4.78, 5) is 25.0. The molecular weight excluding hydrogens is 202 g/mol. The third-order valence-corrected chi connectivity index (χ3v) is 2.72. The molecule has 1 heterocycles. The highest BCUT2D eigenvalue weighted by Gasteiger charge is 2.35. The van der Waals surface area contributed by atoms with Crippen LogP contribution < -0.4 is 4.90 Å². The molecule has 1 aromatic carbocycles. The van der Waals surface area contributed by atoms with E-state index in [0.717, 1.165) is 11.3 Å². The molecule has 0 aliphatic carbocycles. The molecule has 0 fully saturated rings. The Morgan fingerprint density at radius 3 is 2.75 bits per heavy atom. The predicted molar refractivity (Wildman–Crippen MR) is 62.7 cm³/mol. The van der Waals surface area contributed by atoms with Crippen molar-refractivity contribution in [2.75, 3.05) is 11.4 Å². The van der Waals surface area contributed by atoms with Crippen molar-refractivity contribution in [2.24, 2.45) is 0 Å². The van der Waals surface area contributed by atoms with Gasteiger partial charge < -0.3 is 4.90 Å². The van der Waals surface area contributed by atoms with Crippen LogP contribution in [-0.2, 0) is 4.79 Å². The number of amides is 1. The number of rotatable bonds is 2. The standard InChI is InChI=1S/C13H13NO2/c1-3-4-8-14-11-9(2)6-5-7-10(11)12(15)13(14)16/h3-7H,8H2,1-2H3/b4-3+. The molecule has 0 radical (unpaired) electrons. The molecule has 0 unspecified atom stereocenters. The quantitative estimate of drug-likeness (QED) is 0.559. The van der Waals surface area contributed by atoms with Crippen molar-refractivity contribution in [2.45, 2.75) is 13.8 Å². The Kier molecular flexibility index (Phi) is 2.60. The first-order chi connectivity index (χ1) is 7.66. The number of fused-ring (bicyclic) bond motifs is 1. The van der Waals surface area contributed by atoms with Crippen molar-refractivity contribution in [3.05, 3.63) is 41.5 Å². The van der Waals surface area contributed by atoms with Crippen molar-refractivity contribution < 1.29 is 9.59 Å². The van der Waals surface area contributed by atoms with E-state index >= 15 is 0 Å². The minimum Gasteiger partial charge on any atom is -0.301 e. The number of carbonyl (C=O) groups is 2. The van der Waals surface area contributed by atoms with Gasteiger partial charge in [0.1, 0.15) is 0 Å². The molecule has 0 aromatic heterocycles. The smallest absolute Gasteiger partial charge is 0.299 e. The van der Waals surface area contributed by atoms with Crippen molar-refractivity contribution in [1.29, 1.82) is 0 Å². The van der Waals surface area contributed by atoms with Crippen molar-refractivity contribution in [1.82, 2.24) is 0 Å². The molecule has 0 atom stereocenters. The van der Waals surface area contributed by atoms with Crippen LogP contribution in [0.5, 0.6) is 0 Å². The van der Waals surface area contributed by atoms with Crippen LogP contribution >= 0.6 is 0 Å². The molecule has 0 N–H and O–H groups in total. The number of allylic oxidation sites excluding steroid dienone is 1. The maximum Gasteiger partial charge on any atom is 0.299 e. The highest BCUT2D eigenvalue weighted by Crippen LogP contribution is 2.31. The second-order valence-electron chi connectivity index (χ2n) is 3.78. The Labute approximate surface area is 94.4 Å². The summed E-state index contributed by atoms with van der Waals surface area (Å²) in [6.45, 7) is 4.26. The van der Waals surface area contributed by atoms with Crippen LogP contribution in [0.3, 0.4) is 0 Å². The second-order valence-corrected chi connectivity index (χ2v) is 3.78. The van der Waals surface area contributed by atoms with Crippen LogP contribution in [0.15, 0.2) is 30.4 Å². The van der Waals surface area contributed by atoms with E-state index in [2.05, 4.69) is 0 Å². The van der Waals surface area contributed by atoms with Gasteiger partial charge in [0.05, 0.1) is 11.3 Å². The summed E-state index contributed by atoms with van der Waals surface area (Å²) in [6.07, 6.45) is 3.74. The molecule has 0 saturated heterocycles. The summed E-state index contributed by atoms with van der Waals surface area (Å²) in [6, 6.07) is 5.42. The zero-order valence-electron chi connectivity index (χ0n) is 9.36. The number of aryl methyl sites for hydroxylation is 1. The summed E-state index contributed by atoms with van der Waals surface area (Å²) in [5.74, 6) is -0.828. The zero-order valence-corrected chi connectivity index (χ0v) is 9.36. The topological polar surface area (TPSA) is 37.4 Å². The molecule has 3 nitrogen and oxygen atoms in total. The maximum absolute atomic E-state index is 11.8. The summed E-state index contributed by atoms with van der Waals surface area (Å²) in [5.41, 5.74) is 2.24. The number of anilines is 1. The summed E-state index contributed by atoms with van der Waals surface area (Å²) < 4.78 is 0. The molecule has 1 aliphatic rings. The van der Waals surface area contributed by atoms with E-state index in [1.165, 1.54) is 4.90 Å². The lowest BCUT2D eigenvalue weighted by Crippen LogP contribution is -2.30. The fraction of sp³-hybridized carbons (Fsp3) is 0.231. The SMILES string of the molecule is C/C=C/CN1C(=O)C(=O)c2cccc(C)c21. The van der Waals surface area contributed by atoms with Gasteiger partial charge in [0.25, 0.3) is 11.7 Å². The maximum atomic E-state index is 11.8. The van der Waals surface area contributed by atoms with Crippen molar-refractivity contribution in [3.8, 4) is 0 Å². The number of ketones is 1. The van der Waals surface area contributed by atoms with Crippen molar-refractivity contribution >= 4 is 17.4 Å². The average molecular weight is 215 g/mol. The van der Waals surface area contributed by atoms with E-state index in [-0.39, 0.29) is 0 Å². The lowest BCUT2D eigenvalue weighted by atomic mass is 10.1. The van der Waals surface area contributed by atoms with E-state index in [9.17, 15) is 9.59 Å². The van der Waals surface area contributed by atoms with Crippen molar-refractivity contribution in [3.63, 3.8) is 0 Å². The van der Waals surface area contributed by atoms with Gasteiger partial charge in [-0.1, -0.05) is 24.3 Å². The number of hydrogen-bond acceptors (Lipinski definition) is 2. The van der Waals surface area contributed by atoms with E-state index in [1.807, 2.05) is 32.1 Å². The molecule has 3 heteroatoms. The molecule has 0 saturated carbocycles. The number of benzene rings is 1. The highest BCUT2D eigenvalue weighted by molar-refractivity contribution is 6.52. The van der Waals surface area contributed by atoms with Crippen LogP contribution in [0.2, 0.25) is 0 Å². The minimum absolute atomic E-state index is 0.400. The van der Waals surface area contributed by atoms with Gasteiger partial charge in [-0.05, 0) is 25.5 Å². The number of carbonyl (C=O) groups excluding carboxylic acids is 2. The van der Waals surface area contributed by atoms with Gasteiger partial charge in [-0.25, -0.2) is 0 Å². The second kappa shape index (κ2) is 3.93.